The fourth-order valence-corrected chi connectivity index (χ4v) is 4.25. The summed E-state index contributed by atoms with van der Waals surface area (Å²) < 4.78 is 40.5. The number of nitrogens with zero attached hydrogens (tertiary/aromatic N) is 3. The molecule has 0 aromatic heterocycles. The van der Waals surface area contributed by atoms with Crippen molar-refractivity contribution >= 4 is 23.5 Å². The summed E-state index contributed by atoms with van der Waals surface area (Å²) in [6.07, 6.45) is 0. The van der Waals surface area contributed by atoms with E-state index in [4.69, 9.17) is 0 Å². The molecule has 2 heterocycles. The predicted molar refractivity (Wildman–Crippen MR) is 114 cm³/mol. The quantitative estimate of drug-likeness (QED) is 0.763. The van der Waals surface area contributed by atoms with Gasteiger partial charge in [-0.25, -0.2) is 18.0 Å². The molecule has 33 heavy (non-hydrogen) atoms. The third-order valence-corrected chi connectivity index (χ3v) is 6.10. The maximum atomic E-state index is 13.6. The lowest BCUT2D eigenvalue weighted by atomic mass is 9.83. The highest BCUT2D eigenvalue weighted by Gasteiger charge is 2.60. The highest BCUT2D eigenvalue weighted by atomic mass is 19.3. The molecule has 2 aromatic carbocycles. The van der Waals surface area contributed by atoms with Gasteiger partial charge in [0.15, 0.2) is 5.54 Å². The Kier molecular flexibility index (Phi) is 5.55. The molecule has 2 fully saturated rings. The van der Waals surface area contributed by atoms with E-state index in [0.29, 0.717) is 11.3 Å². The first-order chi connectivity index (χ1) is 15.5. The van der Waals surface area contributed by atoms with Crippen molar-refractivity contribution in [2.75, 3.05) is 31.6 Å². The molecule has 0 atom stereocenters. The van der Waals surface area contributed by atoms with Crippen LogP contribution < -0.4 is 10.2 Å². The molecule has 0 aliphatic carbocycles. The van der Waals surface area contributed by atoms with E-state index in [1.807, 2.05) is 0 Å². The van der Waals surface area contributed by atoms with Crippen LogP contribution in [0.2, 0.25) is 0 Å². The van der Waals surface area contributed by atoms with Crippen molar-refractivity contribution < 1.29 is 27.6 Å². The van der Waals surface area contributed by atoms with Crippen molar-refractivity contribution in [2.45, 2.75) is 24.9 Å². The molecule has 4 amide bonds. The van der Waals surface area contributed by atoms with Crippen LogP contribution in [-0.2, 0) is 22.1 Å². The number of alkyl halides is 2. The van der Waals surface area contributed by atoms with Gasteiger partial charge in [0.1, 0.15) is 12.4 Å². The second-order valence-corrected chi connectivity index (χ2v) is 8.38. The van der Waals surface area contributed by atoms with Gasteiger partial charge >= 0.3 is 6.03 Å². The first-order valence-electron chi connectivity index (χ1n) is 10.4. The highest BCUT2D eigenvalue weighted by molar-refractivity contribution is 6.10. The number of nitrogens with one attached hydrogen (secondary N) is 1. The summed E-state index contributed by atoms with van der Waals surface area (Å²) in [6.45, 7) is 0.548. The van der Waals surface area contributed by atoms with Gasteiger partial charge in [-0.15, -0.1) is 0 Å². The number of piperazine rings is 1. The molecule has 1 spiro atoms. The summed E-state index contributed by atoms with van der Waals surface area (Å²) in [7, 11) is 1.47. The smallest absolute Gasteiger partial charge is 0.317 e. The van der Waals surface area contributed by atoms with Crippen molar-refractivity contribution in [2.24, 2.45) is 0 Å². The third-order valence-electron chi connectivity index (χ3n) is 6.10. The van der Waals surface area contributed by atoms with Crippen LogP contribution in [0.15, 0.2) is 48.5 Å². The maximum Gasteiger partial charge on any atom is 0.317 e. The van der Waals surface area contributed by atoms with Crippen LogP contribution in [0.1, 0.15) is 18.1 Å². The summed E-state index contributed by atoms with van der Waals surface area (Å²) in [6, 6.07) is 10.4. The second kappa shape index (κ2) is 8.09. The van der Waals surface area contributed by atoms with Crippen LogP contribution >= 0.6 is 0 Å². The Balaban J connectivity index is 1.64. The zero-order valence-corrected chi connectivity index (χ0v) is 18.1. The zero-order valence-electron chi connectivity index (χ0n) is 18.1. The van der Waals surface area contributed by atoms with Crippen LogP contribution in [-0.4, -0.2) is 59.9 Å². The van der Waals surface area contributed by atoms with E-state index in [-0.39, 0.29) is 49.6 Å². The average molecular weight is 460 g/mol. The van der Waals surface area contributed by atoms with Gasteiger partial charge in [-0.3, -0.25) is 9.59 Å². The Morgan fingerprint density at radius 3 is 2.21 bits per heavy atom. The van der Waals surface area contributed by atoms with Crippen LogP contribution in [0.25, 0.3) is 0 Å². The van der Waals surface area contributed by atoms with Gasteiger partial charge in [-0.05, 0) is 29.8 Å². The highest BCUT2D eigenvalue weighted by Crippen LogP contribution is 2.37. The monoisotopic (exact) mass is 460 g/mol. The molecule has 2 aliphatic rings. The summed E-state index contributed by atoms with van der Waals surface area (Å²) in [4.78, 5) is 43.0. The van der Waals surface area contributed by atoms with Crippen molar-refractivity contribution in [3.63, 3.8) is 0 Å². The van der Waals surface area contributed by atoms with Crippen molar-refractivity contribution in [1.29, 1.82) is 0 Å². The molecular weight excluding hydrogens is 437 g/mol. The third kappa shape index (κ3) is 4.01. The molecule has 2 aromatic rings. The molecule has 2 saturated heterocycles. The number of carbonyl (C=O) groups is 3. The van der Waals surface area contributed by atoms with Crippen LogP contribution in [0.5, 0.6) is 0 Å². The molecule has 1 N–H and O–H groups in total. The summed E-state index contributed by atoms with van der Waals surface area (Å²) in [5, 5.41) is 2.49. The second-order valence-electron chi connectivity index (χ2n) is 8.38. The lowest BCUT2D eigenvalue weighted by Gasteiger charge is -2.57. The molecular formula is C23H23F3N4O3. The molecule has 10 heteroatoms. The molecule has 174 valence electrons. The zero-order chi connectivity index (χ0) is 24.0. The van der Waals surface area contributed by atoms with Gasteiger partial charge < -0.3 is 20.0 Å². The molecule has 4 rings (SSSR count). The first kappa shape index (κ1) is 22.6. The Morgan fingerprint density at radius 1 is 1.06 bits per heavy atom. The van der Waals surface area contributed by atoms with Crippen LogP contribution in [0.3, 0.4) is 0 Å². The van der Waals surface area contributed by atoms with Gasteiger partial charge in [-0.2, -0.15) is 0 Å². The number of amides is 4. The van der Waals surface area contributed by atoms with Crippen LogP contribution in [0.4, 0.5) is 23.7 Å². The van der Waals surface area contributed by atoms with E-state index in [0.717, 1.165) is 6.92 Å². The van der Waals surface area contributed by atoms with E-state index in [1.54, 1.807) is 0 Å². The number of halogens is 3. The average Bonchev–Trinajstić information content (AvgIpc) is 2.75. The van der Waals surface area contributed by atoms with Gasteiger partial charge in [0.05, 0.1) is 13.1 Å². The molecule has 0 bridgehead atoms. The number of hydrogen-bond acceptors (Lipinski definition) is 3. The first-order valence-corrected chi connectivity index (χ1v) is 10.4. The SMILES string of the molecule is CNC(=O)N1CC2(C1)C(=O)N(c1ccc(F)cc1)CC(=O)N2Cc1ccc(C(C)(F)F)cc1. The summed E-state index contributed by atoms with van der Waals surface area (Å²) >= 11 is 0. The number of likely N-dealkylation sites (tertiary alicyclic amines) is 1. The van der Waals surface area contributed by atoms with E-state index < -0.39 is 17.3 Å². The van der Waals surface area contributed by atoms with Crippen molar-refractivity contribution in [1.82, 2.24) is 15.1 Å². The van der Waals surface area contributed by atoms with Crippen LogP contribution in [0, 0.1) is 5.82 Å². The molecule has 0 radical (unpaired) electrons. The Labute approximate surface area is 188 Å². The molecule has 0 saturated carbocycles. The van der Waals surface area contributed by atoms with Crippen molar-refractivity contribution in [3.8, 4) is 0 Å². The largest absolute Gasteiger partial charge is 0.341 e. The Hall–Kier alpha value is -3.56. The molecule has 0 unspecified atom stereocenters. The number of rotatable bonds is 4. The minimum absolute atomic E-state index is 0.0138. The van der Waals surface area contributed by atoms with E-state index in [9.17, 15) is 27.6 Å². The lowest BCUT2D eigenvalue weighted by molar-refractivity contribution is -0.161. The summed E-state index contributed by atoms with van der Waals surface area (Å²) in [5.74, 6) is -4.21. The van der Waals surface area contributed by atoms with Gasteiger partial charge in [0.2, 0.25) is 5.91 Å². The fourth-order valence-electron chi connectivity index (χ4n) is 4.25. The predicted octanol–water partition coefficient (Wildman–Crippen LogP) is 2.71. The Bertz CT molecular complexity index is 1080. The Morgan fingerprint density at radius 2 is 1.67 bits per heavy atom. The molecule has 7 nitrogen and oxygen atoms in total. The number of hydrogen-bond donors (Lipinski definition) is 1. The maximum absolute atomic E-state index is 13.6. The lowest BCUT2D eigenvalue weighted by Crippen LogP contribution is -2.81. The number of urea groups is 1. The van der Waals surface area contributed by atoms with Gasteiger partial charge in [0.25, 0.3) is 11.8 Å². The summed E-state index contributed by atoms with van der Waals surface area (Å²) in [5.41, 5.74) is -0.498. The number of benzene rings is 2. The van der Waals surface area contributed by atoms with Crippen molar-refractivity contribution in [3.05, 3.63) is 65.5 Å². The number of anilines is 1. The normalized spacial score (nSPS) is 17.9. The fraction of sp³-hybridized carbons (Fsp3) is 0.348. The van der Waals surface area contributed by atoms with E-state index in [1.165, 1.54) is 70.3 Å². The topological polar surface area (TPSA) is 73.0 Å². The van der Waals surface area contributed by atoms with E-state index >= 15 is 0 Å². The minimum atomic E-state index is -2.99. The van der Waals surface area contributed by atoms with Gasteiger partial charge in [0, 0.05) is 31.8 Å². The molecule has 2 aliphatic heterocycles. The standard InChI is InChI=1S/C23H23F3N4O3/c1-22(25,26)16-5-3-15(4-6-16)11-30-19(31)12-29(18-9-7-17(24)8-10-18)20(32)23(30)13-28(14-23)21(33)27-2/h3-10H,11-14H2,1-2H3,(H,27,33). The van der Waals surface area contributed by atoms with Gasteiger partial charge in [-0.1, -0.05) is 24.3 Å². The minimum Gasteiger partial charge on any atom is -0.341 e. The number of carbonyl (C=O) groups excluding carboxylic acids is 3. The van der Waals surface area contributed by atoms with E-state index in [2.05, 4.69) is 5.32 Å².